The lowest BCUT2D eigenvalue weighted by atomic mass is 10.0. The number of carbonyl (C=O) groups is 1. The Balaban J connectivity index is 3.25. The van der Waals surface area contributed by atoms with Crippen molar-refractivity contribution in [3.05, 3.63) is 0 Å². The summed E-state index contributed by atoms with van der Waals surface area (Å²) < 4.78 is 22.0. The molecule has 0 aliphatic rings. The van der Waals surface area contributed by atoms with Crippen molar-refractivity contribution in [3.63, 3.8) is 0 Å². The monoisotopic (exact) mass is 416 g/mol. The largest absolute Gasteiger partial charge is 0.466 e. The summed E-state index contributed by atoms with van der Waals surface area (Å²) in [5.41, 5.74) is 0. The first kappa shape index (κ1) is 28.4. The Bertz CT molecular complexity index is 335. The molecule has 0 aromatic carbocycles. The fraction of sp³-hybridized carbons (Fsp3) is 0.958. The molecular weight excluding hydrogens is 368 g/mol. The maximum atomic E-state index is 11.6. The van der Waals surface area contributed by atoms with Crippen LogP contribution in [0.25, 0.3) is 0 Å². The highest BCUT2D eigenvalue weighted by Crippen LogP contribution is 2.12. The molecule has 0 radical (unpaired) electrons. The Hall–Kier alpha value is -0.650. The van der Waals surface area contributed by atoms with E-state index in [0.29, 0.717) is 58.4 Å². The first-order valence-corrected chi connectivity index (χ1v) is 12.1. The van der Waals surface area contributed by atoms with E-state index in [9.17, 15) is 4.79 Å². The number of unbranched alkanes of at least 4 members (excludes halogenated alkanes) is 6. The van der Waals surface area contributed by atoms with Crippen molar-refractivity contribution in [2.75, 3.05) is 46.2 Å². The minimum atomic E-state index is -0.111. The van der Waals surface area contributed by atoms with Crippen molar-refractivity contribution in [2.24, 2.45) is 5.92 Å². The number of hydrogen-bond donors (Lipinski definition) is 0. The van der Waals surface area contributed by atoms with Gasteiger partial charge in [-0.15, -0.1) is 0 Å². The average Bonchev–Trinajstić information content (AvgIpc) is 2.73. The fourth-order valence-electron chi connectivity index (χ4n) is 3.05. The van der Waals surface area contributed by atoms with Gasteiger partial charge in [-0.1, -0.05) is 72.1 Å². The van der Waals surface area contributed by atoms with Gasteiger partial charge in [0.05, 0.1) is 33.0 Å². The van der Waals surface area contributed by atoms with E-state index in [-0.39, 0.29) is 5.97 Å². The van der Waals surface area contributed by atoms with Crippen LogP contribution < -0.4 is 0 Å². The van der Waals surface area contributed by atoms with E-state index in [2.05, 4.69) is 20.8 Å². The van der Waals surface area contributed by atoms with Gasteiger partial charge in [-0.3, -0.25) is 4.79 Å². The quantitative estimate of drug-likeness (QED) is 0.152. The smallest absolute Gasteiger partial charge is 0.305 e. The number of carbonyl (C=O) groups excluding carboxylic acids is 1. The molecule has 5 heteroatoms. The molecule has 174 valence electrons. The lowest BCUT2D eigenvalue weighted by molar-refractivity contribution is -0.144. The Morgan fingerprint density at radius 3 is 1.97 bits per heavy atom. The topological polar surface area (TPSA) is 54.0 Å². The molecule has 0 bridgehead atoms. The highest BCUT2D eigenvalue weighted by atomic mass is 16.5. The van der Waals surface area contributed by atoms with Gasteiger partial charge < -0.3 is 18.9 Å². The predicted molar refractivity (Wildman–Crippen MR) is 119 cm³/mol. The molecule has 0 rings (SSSR count). The minimum absolute atomic E-state index is 0.111. The Labute approximate surface area is 180 Å². The summed E-state index contributed by atoms with van der Waals surface area (Å²) in [6, 6.07) is 0. The zero-order valence-electron chi connectivity index (χ0n) is 19.6. The van der Waals surface area contributed by atoms with E-state index in [1.54, 1.807) is 0 Å². The van der Waals surface area contributed by atoms with Gasteiger partial charge in [-0.2, -0.15) is 0 Å². The van der Waals surface area contributed by atoms with Crippen LogP contribution in [0.5, 0.6) is 0 Å². The van der Waals surface area contributed by atoms with Crippen LogP contribution in [0.4, 0.5) is 0 Å². The van der Waals surface area contributed by atoms with Crippen molar-refractivity contribution in [3.8, 4) is 0 Å². The van der Waals surface area contributed by atoms with E-state index in [0.717, 1.165) is 19.4 Å². The molecule has 0 N–H and O–H groups in total. The molecule has 0 spiro atoms. The maximum absolute atomic E-state index is 11.6. The van der Waals surface area contributed by atoms with E-state index < -0.39 is 0 Å². The Morgan fingerprint density at radius 2 is 1.28 bits per heavy atom. The second kappa shape index (κ2) is 23.6. The van der Waals surface area contributed by atoms with Gasteiger partial charge in [0.1, 0.15) is 0 Å². The van der Waals surface area contributed by atoms with E-state index in [1.165, 1.54) is 51.4 Å². The van der Waals surface area contributed by atoms with Crippen LogP contribution in [0.15, 0.2) is 0 Å². The SMILES string of the molecule is CCCCCCCCOC(=O)CCCOCCOCCOCC(CC)CCCC. The summed E-state index contributed by atoms with van der Waals surface area (Å²) in [7, 11) is 0. The van der Waals surface area contributed by atoms with E-state index >= 15 is 0 Å². The molecule has 0 amide bonds. The van der Waals surface area contributed by atoms with E-state index in [1.807, 2.05) is 0 Å². The van der Waals surface area contributed by atoms with Gasteiger partial charge >= 0.3 is 5.97 Å². The molecule has 29 heavy (non-hydrogen) atoms. The standard InChI is InChI=1S/C24H48O5/c1-4-7-9-10-11-12-17-29-24(25)15-13-16-26-18-19-27-20-21-28-22-23(6-3)14-8-5-2/h23H,4-22H2,1-3H3. The molecule has 0 saturated carbocycles. The van der Waals surface area contributed by atoms with Crippen LogP contribution in [0, 0.1) is 5.92 Å². The zero-order valence-corrected chi connectivity index (χ0v) is 19.6. The highest BCUT2D eigenvalue weighted by molar-refractivity contribution is 5.69. The molecule has 0 heterocycles. The van der Waals surface area contributed by atoms with Crippen LogP contribution in [0.1, 0.15) is 97.8 Å². The molecule has 0 fully saturated rings. The lowest BCUT2D eigenvalue weighted by Gasteiger charge is -2.14. The summed E-state index contributed by atoms with van der Waals surface area (Å²) in [6.45, 7) is 11.0. The van der Waals surface area contributed by atoms with Crippen molar-refractivity contribution >= 4 is 5.97 Å². The van der Waals surface area contributed by atoms with Gasteiger partial charge in [0.25, 0.3) is 0 Å². The van der Waals surface area contributed by atoms with Crippen LogP contribution in [0.3, 0.4) is 0 Å². The Morgan fingerprint density at radius 1 is 0.655 bits per heavy atom. The van der Waals surface area contributed by atoms with Crippen molar-refractivity contribution in [1.82, 2.24) is 0 Å². The third-order valence-corrected chi connectivity index (χ3v) is 5.07. The summed E-state index contributed by atoms with van der Waals surface area (Å²) >= 11 is 0. The molecular formula is C24H48O5. The number of rotatable bonds is 23. The maximum Gasteiger partial charge on any atom is 0.305 e. The number of esters is 1. The third-order valence-electron chi connectivity index (χ3n) is 5.07. The number of ether oxygens (including phenoxy) is 4. The van der Waals surface area contributed by atoms with Gasteiger partial charge in [-0.25, -0.2) is 0 Å². The molecule has 0 saturated heterocycles. The molecule has 0 aromatic rings. The predicted octanol–water partition coefficient (Wildman–Crippen LogP) is 5.94. The molecule has 0 aliphatic heterocycles. The summed E-state index contributed by atoms with van der Waals surface area (Å²) in [4.78, 5) is 11.6. The second-order valence-electron chi connectivity index (χ2n) is 7.81. The summed E-state index contributed by atoms with van der Waals surface area (Å²) in [5.74, 6) is 0.565. The van der Waals surface area contributed by atoms with Crippen molar-refractivity contribution < 1.29 is 23.7 Å². The summed E-state index contributed by atoms with van der Waals surface area (Å²) in [5, 5.41) is 0. The zero-order chi connectivity index (χ0) is 21.4. The van der Waals surface area contributed by atoms with Crippen LogP contribution in [-0.4, -0.2) is 52.2 Å². The normalized spacial score (nSPS) is 12.2. The number of hydrogen-bond acceptors (Lipinski definition) is 5. The molecule has 1 atom stereocenters. The average molecular weight is 417 g/mol. The lowest BCUT2D eigenvalue weighted by Crippen LogP contribution is -2.14. The van der Waals surface area contributed by atoms with Crippen molar-refractivity contribution in [1.29, 1.82) is 0 Å². The molecule has 5 nitrogen and oxygen atoms in total. The van der Waals surface area contributed by atoms with Crippen LogP contribution in [0.2, 0.25) is 0 Å². The molecule has 0 aromatic heterocycles. The Kier molecular flexibility index (Phi) is 23.1. The van der Waals surface area contributed by atoms with Gasteiger partial charge in [0.2, 0.25) is 0 Å². The van der Waals surface area contributed by atoms with Crippen molar-refractivity contribution in [2.45, 2.75) is 97.8 Å². The molecule has 0 aliphatic carbocycles. The van der Waals surface area contributed by atoms with Gasteiger partial charge in [-0.05, 0) is 25.2 Å². The van der Waals surface area contributed by atoms with Gasteiger partial charge in [0, 0.05) is 19.6 Å². The third kappa shape index (κ3) is 21.9. The van der Waals surface area contributed by atoms with E-state index in [4.69, 9.17) is 18.9 Å². The van der Waals surface area contributed by atoms with Gasteiger partial charge in [0.15, 0.2) is 0 Å². The fourth-order valence-corrected chi connectivity index (χ4v) is 3.05. The van der Waals surface area contributed by atoms with Crippen LogP contribution in [-0.2, 0) is 23.7 Å². The minimum Gasteiger partial charge on any atom is -0.466 e. The first-order chi connectivity index (χ1) is 14.2. The molecule has 1 unspecified atom stereocenters. The van der Waals surface area contributed by atoms with Crippen LogP contribution >= 0.6 is 0 Å². The summed E-state index contributed by atoms with van der Waals surface area (Å²) in [6.07, 6.45) is 13.3. The first-order valence-electron chi connectivity index (χ1n) is 12.1. The second-order valence-corrected chi connectivity index (χ2v) is 7.81. The highest BCUT2D eigenvalue weighted by Gasteiger charge is 2.05.